The van der Waals surface area contributed by atoms with Gasteiger partial charge in [0.15, 0.2) is 0 Å². The van der Waals surface area contributed by atoms with Gasteiger partial charge in [0.1, 0.15) is 11.8 Å². The summed E-state index contributed by atoms with van der Waals surface area (Å²) in [4.78, 5) is 26.6. The molecule has 0 aliphatic heterocycles. The molecule has 5 nitrogen and oxygen atoms in total. The van der Waals surface area contributed by atoms with Crippen LogP contribution in [0.4, 0.5) is 0 Å². The van der Waals surface area contributed by atoms with Gasteiger partial charge in [0.05, 0.1) is 6.61 Å². The molecular formula is C16H23NO4. The first-order chi connectivity index (χ1) is 10.1. The highest BCUT2D eigenvalue weighted by molar-refractivity contribution is 5.90. The van der Waals surface area contributed by atoms with Crippen LogP contribution >= 0.6 is 0 Å². The van der Waals surface area contributed by atoms with Crippen molar-refractivity contribution < 1.29 is 19.1 Å². The second-order valence-corrected chi connectivity index (χ2v) is 5.33. The Morgan fingerprint density at radius 2 is 2.10 bits per heavy atom. The third-order valence-corrected chi connectivity index (χ3v) is 3.73. The monoisotopic (exact) mass is 293 g/mol. The second-order valence-electron chi connectivity index (χ2n) is 5.33. The Morgan fingerprint density at radius 3 is 2.71 bits per heavy atom. The van der Waals surface area contributed by atoms with Crippen molar-refractivity contribution in [3.8, 4) is 0 Å². The van der Waals surface area contributed by atoms with Gasteiger partial charge in [0.25, 0.3) is 0 Å². The summed E-state index contributed by atoms with van der Waals surface area (Å²) in [5, 5.41) is 0. The van der Waals surface area contributed by atoms with Crippen LogP contribution in [0.25, 0.3) is 0 Å². The van der Waals surface area contributed by atoms with Crippen molar-refractivity contribution >= 4 is 11.9 Å². The molecule has 0 fully saturated rings. The fraction of sp³-hybridized carbons (Fsp3) is 0.625. The average Bonchev–Trinajstić information content (AvgIpc) is 2.79. The number of aryl methyl sites for hydroxylation is 1. The van der Waals surface area contributed by atoms with E-state index in [0.29, 0.717) is 12.3 Å². The molecule has 0 radical (unpaired) electrons. The van der Waals surface area contributed by atoms with Gasteiger partial charge in [-0.15, -0.1) is 0 Å². The van der Waals surface area contributed by atoms with E-state index in [1.807, 2.05) is 0 Å². The number of esters is 2. The minimum atomic E-state index is -0.322. The summed E-state index contributed by atoms with van der Waals surface area (Å²) in [6.45, 7) is 5.63. The molecule has 2 rings (SSSR count). The maximum Gasteiger partial charge on any atom is 0.355 e. The fourth-order valence-electron chi connectivity index (χ4n) is 3.01. The van der Waals surface area contributed by atoms with Crippen LogP contribution in [-0.2, 0) is 27.1 Å². The molecule has 1 atom stereocenters. The molecule has 1 heterocycles. The maximum atomic E-state index is 12.1. The summed E-state index contributed by atoms with van der Waals surface area (Å²) >= 11 is 0. The highest BCUT2D eigenvalue weighted by atomic mass is 16.5. The minimum Gasteiger partial charge on any atom is -0.461 e. The summed E-state index contributed by atoms with van der Waals surface area (Å²) in [6, 6.07) is 0. The van der Waals surface area contributed by atoms with Gasteiger partial charge >= 0.3 is 11.9 Å². The van der Waals surface area contributed by atoms with Crippen LogP contribution in [0.5, 0.6) is 0 Å². The van der Waals surface area contributed by atoms with Crippen LogP contribution in [0.3, 0.4) is 0 Å². The number of hydrogen-bond donors (Lipinski definition) is 1. The van der Waals surface area contributed by atoms with Crippen molar-refractivity contribution in [2.45, 2.75) is 59.0 Å². The summed E-state index contributed by atoms with van der Waals surface area (Å²) in [7, 11) is 0. The molecule has 21 heavy (non-hydrogen) atoms. The van der Waals surface area contributed by atoms with E-state index in [0.717, 1.165) is 48.9 Å². The largest absolute Gasteiger partial charge is 0.461 e. The first-order valence-electron chi connectivity index (χ1n) is 7.66. The van der Waals surface area contributed by atoms with E-state index in [4.69, 9.17) is 9.47 Å². The third-order valence-electron chi connectivity index (χ3n) is 3.73. The summed E-state index contributed by atoms with van der Waals surface area (Å²) in [6.07, 6.45) is 4.08. The lowest BCUT2D eigenvalue weighted by Crippen LogP contribution is -2.16. The van der Waals surface area contributed by atoms with Crippen LogP contribution in [0, 0.1) is 0 Å². The summed E-state index contributed by atoms with van der Waals surface area (Å²) in [5.74, 6) is -0.605. The quantitative estimate of drug-likeness (QED) is 0.847. The van der Waals surface area contributed by atoms with Gasteiger partial charge in [-0.05, 0) is 38.2 Å². The third kappa shape index (κ3) is 3.28. The normalized spacial score (nSPS) is 17.2. The molecule has 5 heteroatoms. The topological polar surface area (TPSA) is 68.4 Å². The number of aromatic nitrogens is 1. The zero-order valence-electron chi connectivity index (χ0n) is 13.0. The minimum absolute atomic E-state index is 0.243. The number of carbonyl (C=O) groups excluding carboxylic acids is 2. The molecule has 1 aliphatic rings. The number of fused-ring (bicyclic) bond motifs is 1. The maximum absolute atomic E-state index is 12.1. The van der Waals surface area contributed by atoms with E-state index in [1.54, 1.807) is 6.92 Å². The Morgan fingerprint density at radius 1 is 1.33 bits per heavy atom. The van der Waals surface area contributed by atoms with Crippen molar-refractivity contribution in [2.75, 3.05) is 6.61 Å². The smallest absolute Gasteiger partial charge is 0.355 e. The molecule has 0 spiro atoms. The number of rotatable bonds is 5. The number of H-pyrrole nitrogens is 1. The van der Waals surface area contributed by atoms with E-state index in [2.05, 4.69) is 11.9 Å². The molecule has 0 amide bonds. The molecule has 1 aromatic heterocycles. The van der Waals surface area contributed by atoms with Crippen molar-refractivity contribution in [2.24, 2.45) is 0 Å². The standard InChI is InChI=1S/C16H23NO4/c1-4-7-11-14-12(17-15(11)16(19)20-5-2)8-6-9-13(14)21-10(3)18/h13,17H,4-9H2,1-3H3. The lowest BCUT2D eigenvalue weighted by Gasteiger charge is -2.23. The zero-order valence-corrected chi connectivity index (χ0v) is 13.0. The predicted octanol–water partition coefficient (Wildman–Crippen LogP) is 3.08. The first-order valence-corrected chi connectivity index (χ1v) is 7.66. The Kier molecular flexibility index (Phi) is 5.04. The van der Waals surface area contributed by atoms with E-state index < -0.39 is 0 Å². The number of carbonyl (C=O) groups is 2. The van der Waals surface area contributed by atoms with E-state index in [1.165, 1.54) is 6.92 Å². The fourth-order valence-corrected chi connectivity index (χ4v) is 3.01. The highest BCUT2D eigenvalue weighted by Gasteiger charge is 2.31. The van der Waals surface area contributed by atoms with Crippen LogP contribution < -0.4 is 0 Å². The number of ether oxygens (including phenoxy) is 2. The predicted molar refractivity (Wildman–Crippen MR) is 78.2 cm³/mol. The van der Waals surface area contributed by atoms with E-state index in [9.17, 15) is 9.59 Å². The highest BCUT2D eigenvalue weighted by Crippen LogP contribution is 2.37. The molecule has 1 aromatic rings. The van der Waals surface area contributed by atoms with Crippen LogP contribution in [-0.4, -0.2) is 23.5 Å². The molecule has 0 saturated carbocycles. The Bertz CT molecular complexity index is 533. The van der Waals surface area contributed by atoms with Gasteiger partial charge in [0, 0.05) is 18.2 Å². The van der Waals surface area contributed by atoms with Crippen LogP contribution in [0.15, 0.2) is 0 Å². The molecule has 1 unspecified atom stereocenters. The molecule has 0 bridgehead atoms. The SMILES string of the molecule is CCCc1c(C(=O)OCC)[nH]c2c1C(OC(C)=O)CCC2. The van der Waals surface area contributed by atoms with Crippen molar-refractivity contribution in [3.05, 3.63) is 22.5 Å². The van der Waals surface area contributed by atoms with Gasteiger partial charge in [-0.2, -0.15) is 0 Å². The number of hydrogen-bond acceptors (Lipinski definition) is 4. The Labute approximate surface area is 125 Å². The molecule has 116 valence electrons. The molecule has 0 saturated heterocycles. The van der Waals surface area contributed by atoms with Gasteiger partial charge in [-0.3, -0.25) is 4.79 Å². The number of nitrogens with one attached hydrogen (secondary N) is 1. The van der Waals surface area contributed by atoms with Crippen molar-refractivity contribution in [1.82, 2.24) is 4.98 Å². The van der Waals surface area contributed by atoms with E-state index in [-0.39, 0.29) is 18.0 Å². The molecular weight excluding hydrogens is 270 g/mol. The van der Waals surface area contributed by atoms with Gasteiger partial charge in [0.2, 0.25) is 0 Å². The number of aromatic amines is 1. The molecule has 1 aliphatic carbocycles. The lowest BCUT2D eigenvalue weighted by molar-refractivity contribution is -0.147. The Balaban J connectivity index is 2.43. The summed E-state index contributed by atoms with van der Waals surface area (Å²) in [5.41, 5.74) is 3.50. The van der Waals surface area contributed by atoms with Gasteiger partial charge in [-0.1, -0.05) is 13.3 Å². The zero-order chi connectivity index (χ0) is 15.4. The van der Waals surface area contributed by atoms with Crippen molar-refractivity contribution in [3.63, 3.8) is 0 Å². The molecule has 1 N–H and O–H groups in total. The van der Waals surface area contributed by atoms with Gasteiger partial charge in [-0.25, -0.2) is 4.79 Å². The Hall–Kier alpha value is -1.78. The van der Waals surface area contributed by atoms with Crippen molar-refractivity contribution in [1.29, 1.82) is 0 Å². The van der Waals surface area contributed by atoms with Crippen LogP contribution in [0.1, 0.15) is 73.4 Å². The lowest BCUT2D eigenvalue weighted by atomic mass is 9.90. The van der Waals surface area contributed by atoms with E-state index >= 15 is 0 Å². The van der Waals surface area contributed by atoms with Gasteiger partial charge < -0.3 is 14.5 Å². The van der Waals surface area contributed by atoms with Crippen LogP contribution in [0.2, 0.25) is 0 Å². The summed E-state index contributed by atoms with van der Waals surface area (Å²) < 4.78 is 10.6. The average molecular weight is 293 g/mol. The first kappa shape index (κ1) is 15.6. The second kappa shape index (κ2) is 6.78. The molecule has 0 aromatic carbocycles.